The summed E-state index contributed by atoms with van der Waals surface area (Å²) in [5.41, 5.74) is 2.22. The minimum atomic E-state index is -0.127. The Kier molecular flexibility index (Phi) is 5.05. The minimum Gasteiger partial charge on any atom is -0.293 e. The number of likely N-dealkylation sites (N-methyl/N-ethyl adjacent to an activating group) is 1. The molecule has 4 nitrogen and oxygen atoms in total. The standard InChI is InChI=1S/C11H23N3O/c1-9(11(15)13-12)14(2)10-7-5-3-4-6-8-10/h9-10H,3-8,12H2,1-2H3,(H,13,15). The van der Waals surface area contributed by atoms with E-state index in [2.05, 4.69) is 10.3 Å². The van der Waals surface area contributed by atoms with Crippen molar-refractivity contribution in [2.75, 3.05) is 7.05 Å². The molecule has 15 heavy (non-hydrogen) atoms. The van der Waals surface area contributed by atoms with Gasteiger partial charge in [0, 0.05) is 6.04 Å². The number of hydrogen-bond donors (Lipinski definition) is 2. The van der Waals surface area contributed by atoms with Gasteiger partial charge < -0.3 is 0 Å². The highest BCUT2D eigenvalue weighted by molar-refractivity contribution is 5.80. The number of nitrogens with two attached hydrogens (primary N) is 1. The van der Waals surface area contributed by atoms with Gasteiger partial charge in [0.05, 0.1) is 6.04 Å². The second kappa shape index (κ2) is 6.08. The van der Waals surface area contributed by atoms with Crippen molar-refractivity contribution in [3.63, 3.8) is 0 Å². The van der Waals surface area contributed by atoms with Gasteiger partial charge in [-0.15, -0.1) is 0 Å². The monoisotopic (exact) mass is 213 g/mol. The lowest BCUT2D eigenvalue weighted by atomic mass is 10.1. The average molecular weight is 213 g/mol. The predicted octanol–water partition coefficient (Wildman–Crippen LogP) is 1.02. The molecule has 0 aromatic rings. The topological polar surface area (TPSA) is 58.4 Å². The zero-order valence-corrected chi connectivity index (χ0v) is 9.83. The molecule has 0 saturated heterocycles. The number of carbonyl (C=O) groups is 1. The van der Waals surface area contributed by atoms with Gasteiger partial charge in [0.2, 0.25) is 0 Å². The number of nitrogens with one attached hydrogen (secondary N) is 1. The normalized spacial score (nSPS) is 21.1. The van der Waals surface area contributed by atoms with Crippen molar-refractivity contribution < 1.29 is 4.79 Å². The summed E-state index contributed by atoms with van der Waals surface area (Å²) in [6, 6.07) is 0.415. The van der Waals surface area contributed by atoms with E-state index in [1.807, 2.05) is 14.0 Å². The van der Waals surface area contributed by atoms with Crippen LogP contribution in [0, 0.1) is 0 Å². The molecule has 3 N–H and O–H groups in total. The molecule has 1 unspecified atom stereocenters. The van der Waals surface area contributed by atoms with Gasteiger partial charge in [-0.2, -0.15) is 0 Å². The Bertz CT molecular complexity index is 200. The van der Waals surface area contributed by atoms with E-state index >= 15 is 0 Å². The van der Waals surface area contributed by atoms with Crippen LogP contribution in [0.3, 0.4) is 0 Å². The molecule has 1 rings (SSSR count). The van der Waals surface area contributed by atoms with Crippen LogP contribution < -0.4 is 11.3 Å². The molecule has 1 amide bonds. The maximum Gasteiger partial charge on any atom is 0.250 e. The molecule has 88 valence electrons. The van der Waals surface area contributed by atoms with E-state index in [-0.39, 0.29) is 11.9 Å². The molecule has 0 radical (unpaired) electrons. The van der Waals surface area contributed by atoms with Crippen molar-refractivity contribution in [3.05, 3.63) is 0 Å². The SMILES string of the molecule is CC(C(=O)NN)N(C)C1CCCCCC1. The number of amides is 1. The van der Waals surface area contributed by atoms with Crippen molar-refractivity contribution in [2.45, 2.75) is 57.5 Å². The lowest BCUT2D eigenvalue weighted by Gasteiger charge is -2.31. The molecule has 1 aliphatic carbocycles. The van der Waals surface area contributed by atoms with Crippen LogP contribution in [-0.4, -0.2) is 29.9 Å². The Morgan fingerprint density at radius 1 is 1.33 bits per heavy atom. The summed E-state index contributed by atoms with van der Waals surface area (Å²) >= 11 is 0. The first kappa shape index (κ1) is 12.5. The van der Waals surface area contributed by atoms with Gasteiger partial charge in [0.25, 0.3) is 5.91 Å². The zero-order chi connectivity index (χ0) is 11.3. The molecule has 0 aliphatic heterocycles. The van der Waals surface area contributed by atoms with E-state index in [1.54, 1.807) is 0 Å². The van der Waals surface area contributed by atoms with Crippen LogP contribution in [-0.2, 0) is 4.79 Å². The highest BCUT2D eigenvalue weighted by Gasteiger charge is 2.24. The van der Waals surface area contributed by atoms with E-state index in [1.165, 1.54) is 38.5 Å². The molecule has 0 aromatic carbocycles. The number of rotatable bonds is 3. The van der Waals surface area contributed by atoms with Crippen molar-refractivity contribution in [1.29, 1.82) is 0 Å². The fraction of sp³-hybridized carbons (Fsp3) is 0.909. The van der Waals surface area contributed by atoms with Crippen molar-refractivity contribution >= 4 is 5.91 Å². The largest absolute Gasteiger partial charge is 0.293 e. The first-order valence-electron chi connectivity index (χ1n) is 5.89. The molecule has 0 spiro atoms. The summed E-state index contributed by atoms with van der Waals surface area (Å²) in [6.07, 6.45) is 7.65. The van der Waals surface area contributed by atoms with Gasteiger partial charge in [0.1, 0.15) is 0 Å². The molecule has 1 fully saturated rings. The fourth-order valence-corrected chi connectivity index (χ4v) is 2.29. The van der Waals surface area contributed by atoms with Crippen LogP contribution in [0.1, 0.15) is 45.4 Å². The van der Waals surface area contributed by atoms with Crippen LogP contribution in [0.15, 0.2) is 0 Å². The van der Waals surface area contributed by atoms with E-state index in [0.29, 0.717) is 6.04 Å². The Morgan fingerprint density at radius 2 is 1.87 bits per heavy atom. The van der Waals surface area contributed by atoms with Gasteiger partial charge in [-0.05, 0) is 26.8 Å². The Labute approximate surface area is 92.2 Å². The number of carbonyl (C=O) groups excluding carboxylic acids is 1. The summed E-state index contributed by atoms with van der Waals surface area (Å²) in [5, 5.41) is 0. The summed E-state index contributed by atoms with van der Waals surface area (Å²) in [6.45, 7) is 1.91. The predicted molar refractivity (Wildman–Crippen MR) is 61.0 cm³/mol. The van der Waals surface area contributed by atoms with E-state index in [4.69, 9.17) is 5.84 Å². The summed E-state index contributed by atoms with van der Waals surface area (Å²) in [5.74, 6) is 5.05. The average Bonchev–Trinajstić information content (AvgIpc) is 2.54. The minimum absolute atomic E-state index is 0.0956. The number of nitrogens with zero attached hydrogens (tertiary/aromatic N) is 1. The van der Waals surface area contributed by atoms with Crippen LogP contribution in [0.25, 0.3) is 0 Å². The molecule has 0 heterocycles. The van der Waals surface area contributed by atoms with Crippen LogP contribution in [0.2, 0.25) is 0 Å². The molecule has 4 heteroatoms. The van der Waals surface area contributed by atoms with Crippen LogP contribution in [0.4, 0.5) is 0 Å². The van der Waals surface area contributed by atoms with Gasteiger partial charge in [-0.1, -0.05) is 25.7 Å². The summed E-state index contributed by atoms with van der Waals surface area (Å²) < 4.78 is 0. The van der Waals surface area contributed by atoms with E-state index in [0.717, 1.165) is 0 Å². The Hall–Kier alpha value is -0.610. The maximum atomic E-state index is 11.4. The Balaban J connectivity index is 2.49. The highest BCUT2D eigenvalue weighted by Crippen LogP contribution is 2.22. The third-order valence-electron chi connectivity index (χ3n) is 3.53. The second-order valence-corrected chi connectivity index (χ2v) is 4.50. The Morgan fingerprint density at radius 3 is 2.33 bits per heavy atom. The molecule has 0 bridgehead atoms. The van der Waals surface area contributed by atoms with Crippen molar-refractivity contribution in [3.8, 4) is 0 Å². The van der Waals surface area contributed by atoms with Gasteiger partial charge in [-0.25, -0.2) is 5.84 Å². The molecular weight excluding hydrogens is 190 g/mol. The van der Waals surface area contributed by atoms with Gasteiger partial charge >= 0.3 is 0 Å². The van der Waals surface area contributed by atoms with Crippen molar-refractivity contribution in [1.82, 2.24) is 10.3 Å². The lowest BCUT2D eigenvalue weighted by molar-refractivity contribution is -0.126. The first-order valence-corrected chi connectivity index (χ1v) is 5.89. The van der Waals surface area contributed by atoms with Gasteiger partial charge in [-0.3, -0.25) is 15.1 Å². The van der Waals surface area contributed by atoms with E-state index < -0.39 is 0 Å². The van der Waals surface area contributed by atoms with Crippen LogP contribution in [0.5, 0.6) is 0 Å². The summed E-state index contributed by atoms with van der Waals surface area (Å²) in [4.78, 5) is 13.6. The number of hydrogen-bond acceptors (Lipinski definition) is 3. The van der Waals surface area contributed by atoms with Gasteiger partial charge in [0.15, 0.2) is 0 Å². The molecule has 1 saturated carbocycles. The first-order chi connectivity index (χ1) is 7.16. The second-order valence-electron chi connectivity index (χ2n) is 4.50. The van der Waals surface area contributed by atoms with Crippen LogP contribution >= 0.6 is 0 Å². The quantitative estimate of drug-likeness (QED) is 0.318. The zero-order valence-electron chi connectivity index (χ0n) is 9.83. The summed E-state index contributed by atoms with van der Waals surface area (Å²) in [7, 11) is 2.02. The number of hydrazine groups is 1. The molecule has 0 aromatic heterocycles. The van der Waals surface area contributed by atoms with Crippen molar-refractivity contribution in [2.24, 2.45) is 5.84 Å². The van der Waals surface area contributed by atoms with E-state index in [9.17, 15) is 4.79 Å². The fourth-order valence-electron chi connectivity index (χ4n) is 2.29. The highest BCUT2D eigenvalue weighted by atomic mass is 16.2. The third kappa shape index (κ3) is 3.47. The smallest absolute Gasteiger partial charge is 0.250 e. The third-order valence-corrected chi connectivity index (χ3v) is 3.53. The lowest BCUT2D eigenvalue weighted by Crippen LogP contribution is -2.49. The maximum absolute atomic E-state index is 11.4. The molecule has 1 atom stereocenters. The molecule has 1 aliphatic rings. The molecular formula is C11H23N3O.